The molecule has 2 aliphatic rings. The number of carbonyl (C=O) groups excluding carboxylic acids is 1. The maximum Gasteiger partial charge on any atom is 0.251 e. The van der Waals surface area contributed by atoms with Crippen LogP contribution in [0.3, 0.4) is 0 Å². The molecule has 0 saturated carbocycles. The van der Waals surface area contributed by atoms with Gasteiger partial charge >= 0.3 is 0 Å². The smallest absolute Gasteiger partial charge is 0.251 e. The van der Waals surface area contributed by atoms with Crippen molar-refractivity contribution in [2.45, 2.75) is 18.3 Å². The SMILES string of the molecule is CS(=O)(=O)Nc1cc(C(=O)NCC2(c3ccc4c(c3)OCO4)CCOCC2)ccc1Cl. The average Bonchev–Trinajstić information content (AvgIpc) is 3.21. The van der Waals surface area contributed by atoms with Crippen molar-refractivity contribution >= 4 is 33.2 Å². The fraction of sp³-hybridized carbons (Fsp3) is 0.381. The standard InChI is InChI=1S/C21H23ClN2O6S/c1-31(26,27)24-17-10-14(2-4-16(17)22)20(25)23-12-21(6-8-28-9-7-21)15-3-5-18-19(11-15)30-13-29-18/h2-5,10-11,24H,6-9,12-13H2,1H3,(H,23,25). The number of fused-ring (bicyclic) bond motifs is 1. The minimum atomic E-state index is -3.52. The monoisotopic (exact) mass is 466 g/mol. The molecule has 31 heavy (non-hydrogen) atoms. The molecule has 2 aromatic rings. The van der Waals surface area contributed by atoms with Gasteiger partial charge in [0.25, 0.3) is 5.91 Å². The maximum absolute atomic E-state index is 12.9. The highest BCUT2D eigenvalue weighted by Crippen LogP contribution is 2.40. The summed E-state index contributed by atoms with van der Waals surface area (Å²) in [5.41, 5.74) is 1.21. The van der Waals surface area contributed by atoms with E-state index in [1.807, 2.05) is 18.2 Å². The first kappa shape index (κ1) is 21.7. The highest BCUT2D eigenvalue weighted by molar-refractivity contribution is 7.92. The number of sulfonamides is 1. The number of hydrogen-bond acceptors (Lipinski definition) is 6. The van der Waals surface area contributed by atoms with E-state index >= 15 is 0 Å². The van der Waals surface area contributed by atoms with Crippen molar-refractivity contribution in [3.05, 3.63) is 52.5 Å². The Kier molecular flexibility index (Phi) is 6.00. The van der Waals surface area contributed by atoms with Gasteiger partial charge in [-0.05, 0) is 48.7 Å². The van der Waals surface area contributed by atoms with Crippen molar-refractivity contribution < 1.29 is 27.4 Å². The number of benzene rings is 2. The molecule has 0 unspecified atom stereocenters. The number of nitrogens with one attached hydrogen (secondary N) is 2. The van der Waals surface area contributed by atoms with Gasteiger partial charge in [-0.3, -0.25) is 9.52 Å². The Balaban J connectivity index is 1.54. The first-order valence-corrected chi connectivity index (χ1v) is 12.1. The van der Waals surface area contributed by atoms with Gasteiger partial charge in [-0.25, -0.2) is 8.42 Å². The van der Waals surface area contributed by atoms with Crippen molar-refractivity contribution in [1.82, 2.24) is 5.32 Å². The topological polar surface area (TPSA) is 103 Å². The second-order valence-electron chi connectivity index (χ2n) is 7.71. The number of rotatable bonds is 6. The highest BCUT2D eigenvalue weighted by atomic mass is 35.5. The molecule has 0 aromatic heterocycles. The molecule has 0 radical (unpaired) electrons. The second kappa shape index (κ2) is 8.57. The number of amides is 1. The van der Waals surface area contributed by atoms with E-state index in [0.717, 1.165) is 24.7 Å². The minimum Gasteiger partial charge on any atom is -0.454 e. The number of anilines is 1. The molecule has 8 nitrogen and oxygen atoms in total. The lowest BCUT2D eigenvalue weighted by atomic mass is 9.74. The lowest BCUT2D eigenvalue weighted by Gasteiger charge is -2.38. The molecule has 2 aliphatic heterocycles. The van der Waals surface area contributed by atoms with Gasteiger partial charge in [0.15, 0.2) is 11.5 Å². The van der Waals surface area contributed by atoms with Crippen LogP contribution in [0, 0.1) is 0 Å². The van der Waals surface area contributed by atoms with E-state index in [1.54, 1.807) is 6.07 Å². The van der Waals surface area contributed by atoms with Gasteiger partial charge in [0.1, 0.15) is 0 Å². The molecule has 10 heteroatoms. The fourth-order valence-electron chi connectivity index (χ4n) is 3.85. The molecule has 0 atom stereocenters. The predicted molar refractivity (Wildman–Crippen MR) is 117 cm³/mol. The molecular weight excluding hydrogens is 444 g/mol. The number of hydrogen-bond donors (Lipinski definition) is 2. The summed E-state index contributed by atoms with van der Waals surface area (Å²) in [6.07, 6.45) is 2.51. The van der Waals surface area contributed by atoms with E-state index in [4.69, 9.17) is 25.8 Å². The molecule has 4 rings (SSSR count). The van der Waals surface area contributed by atoms with Crippen LogP contribution in [0.1, 0.15) is 28.8 Å². The summed E-state index contributed by atoms with van der Waals surface area (Å²) in [5, 5.41) is 3.21. The van der Waals surface area contributed by atoms with Crippen LogP contribution < -0.4 is 19.5 Å². The molecule has 0 spiro atoms. The molecule has 1 fully saturated rings. The quantitative estimate of drug-likeness (QED) is 0.678. The molecular formula is C21H23ClN2O6S. The van der Waals surface area contributed by atoms with Crippen LogP contribution in [0.4, 0.5) is 5.69 Å². The van der Waals surface area contributed by atoms with E-state index < -0.39 is 10.0 Å². The second-order valence-corrected chi connectivity index (χ2v) is 9.87. The molecule has 1 amide bonds. The Morgan fingerprint density at radius 1 is 1.10 bits per heavy atom. The van der Waals surface area contributed by atoms with Crippen LogP contribution in [0.2, 0.25) is 5.02 Å². The molecule has 0 aliphatic carbocycles. The lowest BCUT2D eigenvalue weighted by Crippen LogP contribution is -2.44. The highest BCUT2D eigenvalue weighted by Gasteiger charge is 2.36. The third kappa shape index (κ3) is 4.89. The van der Waals surface area contributed by atoms with Crippen LogP contribution >= 0.6 is 11.6 Å². The Labute approximate surface area is 185 Å². The fourth-order valence-corrected chi connectivity index (χ4v) is 4.64. The number of ether oxygens (including phenoxy) is 3. The van der Waals surface area contributed by atoms with Crippen LogP contribution in [0.15, 0.2) is 36.4 Å². The largest absolute Gasteiger partial charge is 0.454 e. The number of carbonyl (C=O) groups is 1. The summed E-state index contributed by atoms with van der Waals surface area (Å²) < 4.78 is 41.9. The van der Waals surface area contributed by atoms with E-state index in [1.165, 1.54) is 12.1 Å². The average molecular weight is 467 g/mol. The minimum absolute atomic E-state index is 0.161. The van der Waals surface area contributed by atoms with E-state index in [2.05, 4.69) is 10.0 Å². The third-order valence-corrected chi connectivity index (χ3v) is 6.47. The van der Waals surface area contributed by atoms with Gasteiger partial charge in [-0.15, -0.1) is 0 Å². The normalized spacial score (nSPS) is 17.2. The predicted octanol–water partition coefficient (Wildman–Crippen LogP) is 2.92. The van der Waals surface area contributed by atoms with E-state index in [-0.39, 0.29) is 28.8 Å². The Morgan fingerprint density at radius 2 is 1.84 bits per heavy atom. The van der Waals surface area contributed by atoms with Gasteiger partial charge < -0.3 is 19.5 Å². The molecule has 2 N–H and O–H groups in total. The van der Waals surface area contributed by atoms with Crippen molar-refractivity contribution in [2.24, 2.45) is 0 Å². The summed E-state index contributed by atoms with van der Waals surface area (Å²) in [6, 6.07) is 10.3. The molecule has 1 saturated heterocycles. The molecule has 0 bridgehead atoms. The third-order valence-electron chi connectivity index (χ3n) is 5.55. The van der Waals surface area contributed by atoms with Crippen LogP contribution in [-0.4, -0.2) is 47.1 Å². The summed E-state index contributed by atoms with van der Waals surface area (Å²) in [6.45, 7) is 1.78. The van der Waals surface area contributed by atoms with E-state index in [9.17, 15) is 13.2 Å². The molecule has 2 aromatic carbocycles. The number of halogens is 1. The first-order valence-electron chi connectivity index (χ1n) is 9.79. The van der Waals surface area contributed by atoms with Crippen molar-refractivity contribution in [3.8, 4) is 11.5 Å². The lowest BCUT2D eigenvalue weighted by molar-refractivity contribution is 0.0486. The van der Waals surface area contributed by atoms with Crippen molar-refractivity contribution in [1.29, 1.82) is 0 Å². The van der Waals surface area contributed by atoms with Gasteiger partial charge in [0, 0.05) is 30.7 Å². The Morgan fingerprint density at radius 3 is 2.58 bits per heavy atom. The maximum atomic E-state index is 12.9. The zero-order valence-corrected chi connectivity index (χ0v) is 18.5. The van der Waals surface area contributed by atoms with E-state index in [0.29, 0.717) is 36.8 Å². The van der Waals surface area contributed by atoms with Gasteiger partial charge in [-0.1, -0.05) is 17.7 Å². The Hall–Kier alpha value is -2.49. The van der Waals surface area contributed by atoms with Crippen LogP contribution in [-0.2, 0) is 20.2 Å². The summed E-state index contributed by atoms with van der Waals surface area (Å²) >= 11 is 6.06. The zero-order valence-electron chi connectivity index (χ0n) is 16.9. The van der Waals surface area contributed by atoms with Gasteiger partial charge in [0.2, 0.25) is 16.8 Å². The summed E-state index contributed by atoms with van der Waals surface area (Å²) in [4.78, 5) is 12.9. The summed E-state index contributed by atoms with van der Waals surface area (Å²) in [7, 11) is -3.52. The van der Waals surface area contributed by atoms with Crippen LogP contribution in [0.25, 0.3) is 0 Å². The molecule has 166 valence electrons. The Bertz CT molecular complexity index is 1100. The van der Waals surface area contributed by atoms with Crippen molar-refractivity contribution in [3.63, 3.8) is 0 Å². The zero-order chi connectivity index (χ0) is 22.1. The van der Waals surface area contributed by atoms with Gasteiger partial charge in [-0.2, -0.15) is 0 Å². The van der Waals surface area contributed by atoms with Crippen molar-refractivity contribution in [2.75, 3.05) is 37.5 Å². The molecule has 2 heterocycles. The van der Waals surface area contributed by atoms with Gasteiger partial charge in [0.05, 0.1) is 17.0 Å². The summed E-state index contributed by atoms with van der Waals surface area (Å²) in [5.74, 6) is 1.09. The van der Waals surface area contributed by atoms with Crippen LogP contribution in [0.5, 0.6) is 11.5 Å². The first-order chi connectivity index (χ1) is 14.8.